The molecule has 1 aromatic rings. The lowest BCUT2D eigenvalue weighted by molar-refractivity contribution is 0.0403. The largest absolute Gasteiger partial charge is 0.374 e. The Balaban J connectivity index is 1.89. The molecular weight excluding hydrogens is 208 g/mol. The predicted octanol–water partition coefficient (Wildman–Crippen LogP) is 1.89. The van der Waals surface area contributed by atoms with E-state index in [4.69, 9.17) is 10.5 Å². The highest BCUT2D eigenvalue weighted by molar-refractivity contribution is 7.09. The van der Waals surface area contributed by atoms with E-state index in [2.05, 4.69) is 17.3 Å². The lowest BCUT2D eigenvalue weighted by atomic mass is 10.0. The SMILES string of the molecule is Cc1nc(CC(N)C2CCC(C)O2)cs1. The van der Waals surface area contributed by atoms with E-state index in [1.807, 2.05) is 6.92 Å². The first-order chi connectivity index (χ1) is 7.15. The summed E-state index contributed by atoms with van der Waals surface area (Å²) in [4.78, 5) is 4.42. The van der Waals surface area contributed by atoms with Gasteiger partial charge < -0.3 is 10.5 Å². The molecule has 1 aliphatic rings. The van der Waals surface area contributed by atoms with Crippen LogP contribution in [0.4, 0.5) is 0 Å². The van der Waals surface area contributed by atoms with Crippen molar-refractivity contribution in [2.75, 3.05) is 0 Å². The normalized spacial score (nSPS) is 28.2. The van der Waals surface area contributed by atoms with Gasteiger partial charge in [-0.15, -0.1) is 11.3 Å². The Labute approximate surface area is 94.7 Å². The van der Waals surface area contributed by atoms with Crippen LogP contribution in [0.15, 0.2) is 5.38 Å². The standard InChI is InChI=1S/C11H18N2OS/c1-7-3-4-11(14-7)10(12)5-9-6-15-8(2)13-9/h6-7,10-11H,3-5,12H2,1-2H3. The molecule has 3 nitrogen and oxygen atoms in total. The molecule has 0 spiro atoms. The highest BCUT2D eigenvalue weighted by Crippen LogP contribution is 2.22. The first-order valence-corrected chi connectivity index (χ1v) is 6.35. The van der Waals surface area contributed by atoms with Gasteiger partial charge in [0.1, 0.15) is 0 Å². The van der Waals surface area contributed by atoms with E-state index in [-0.39, 0.29) is 12.1 Å². The number of nitrogens with zero attached hydrogens (tertiary/aromatic N) is 1. The summed E-state index contributed by atoms with van der Waals surface area (Å²) in [5, 5.41) is 3.20. The predicted molar refractivity (Wildman–Crippen MR) is 62.1 cm³/mol. The van der Waals surface area contributed by atoms with E-state index < -0.39 is 0 Å². The Bertz CT molecular complexity index is 326. The molecule has 0 radical (unpaired) electrons. The fourth-order valence-electron chi connectivity index (χ4n) is 2.02. The zero-order chi connectivity index (χ0) is 10.8. The minimum Gasteiger partial charge on any atom is -0.374 e. The minimum atomic E-state index is 0.0939. The van der Waals surface area contributed by atoms with Gasteiger partial charge in [0.05, 0.1) is 22.9 Å². The van der Waals surface area contributed by atoms with Gasteiger partial charge in [-0.25, -0.2) is 4.98 Å². The summed E-state index contributed by atoms with van der Waals surface area (Å²) in [5.41, 5.74) is 7.23. The summed E-state index contributed by atoms with van der Waals surface area (Å²) in [6.45, 7) is 4.13. The molecule has 0 bridgehead atoms. The van der Waals surface area contributed by atoms with E-state index in [1.54, 1.807) is 11.3 Å². The average molecular weight is 226 g/mol. The van der Waals surface area contributed by atoms with Crippen LogP contribution in [0.5, 0.6) is 0 Å². The van der Waals surface area contributed by atoms with E-state index in [0.717, 1.165) is 30.0 Å². The summed E-state index contributed by atoms with van der Waals surface area (Å²) in [6.07, 6.45) is 3.65. The van der Waals surface area contributed by atoms with Gasteiger partial charge in [0, 0.05) is 17.8 Å². The molecule has 2 N–H and O–H groups in total. The molecule has 1 fully saturated rings. The second kappa shape index (κ2) is 4.60. The van der Waals surface area contributed by atoms with Gasteiger partial charge in [-0.2, -0.15) is 0 Å². The Morgan fingerprint density at radius 2 is 2.47 bits per heavy atom. The highest BCUT2D eigenvalue weighted by atomic mass is 32.1. The van der Waals surface area contributed by atoms with Gasteiger partial charge in [-0.1, -0.05) is 0 Å². The second-order valence-corrected chi connectivity index (χ2v) is 5.35. The molecule has 1 saturated heterocycles. The number of rotatable bonds is 3. The number of aromatic nitrogens is 1. The second-order valence-electron chi connectivity index (χ2n) is 4.29. The van der Waals surface area contributed by atoms with Gasteiger partial charge >= 0.3 is 0 Å². The third-order valence-corrected chi connectivity index (χ3v) is 3.68. The lowest BCUT2D eigenvalue weighted by Crippen LogP contribution is -2.36. The molecule has 0 aromatic carbocycles. The van der Waals surface area contributed by atoms with Crippen molar-refractivity contribution in [2.45, 2.75) is 51.4 Å². The molecule has 2 heterocycles. The van der Waals surface area contributed by atoms with Gasteiger partial charge in [-0.05, 0) is 26.7 Å². The lowest BCUT2D eigenvalue weighted by Gasteiger charge is -2.18. The van der Waals surface area contributed by atoms with Crippen LogP contribution in [0.3, 0.4) is 0 Å². The van der Waals surface area contributed by atoms with Crippen molar-refractivity contribution in [1.29, 1.82) is 0 Å². The maximum absolute atomic E-state index is 6.12. The van der Waals surface area contributed by atoms with Crippen molar-refractivity contribution in [3.05, 3.63) is 16.1 Å². The van der Waals surface area contributed by atoms with Crippen molar-refractivity contribution >= 4 is 11.3 Å². The number of nitrogens with two attached hydrogens (primary N) is 1. The summed E-state index contributed by atoms with van der Waals surface area (Å²) in [5.74, 6) is 0. The Hall–Kier alpha value is -0.450. The number of hydrogen-bond acceptors (Lipinski definition) is 4. The van der Waals surface area contributed by atoms with E-state index in [0.29, 0.717) is 6.10 Å². The van der Waals surface area contributed by atoms with Crippen LogP contribution in [-0.4, -0.2) is 23.2 Å². The van der Waals surface area contributed by atoms with Crippen LogP contribution in [0.2, 0.25) is 0 Å². The van der Waals surface area contributed by atoms with Crippen LogP contribution >= 0.6 is 11.3 Å². The van der Waals surface area contributed by atoms with Crippen molar-refractivity contribution in [1.82, 2.24) is 4.98 Å². The number of ether oxygens (including phenoxy) is 1. The zero-order valence-corrected chi connectivity index (χ0v) is 10.1. The van der Waals surface area contributed by atoms with E-state index >= 15 is 0 Å². The maximum Gasteiger partial charge on any atom is 0.0897 e. The summed E-state index contributed by atoms with van der Waals surface area (Å²) in [6, 6.07) is 0.0939. The highest BCUT2D eigenvalue weighted by Gasteiger charge is 2.27. The minimum absolute atomic E-state index is 0.0939. The maximum atomic E-state index is 6.12. The summed E-state index contributed by atoms with van der Waals surface area (Å²) < 4.78 is 5.75. The molecule has 0 amide bonds. The molecule has 3 atom stereocenters. The number of thiazole rings is 1. The van der Waals surface area contributed by atoms with Crippen LogP contribution in [0, 0.1) is 6.92 Å². The quantitative estimate of drug-likeness (QED) is 0.856. The van der Waals surface area contributed by atoms with E-state index in [1.165, 1.54) is 0 Å². The zero-order valence-electron chi connectivity index (χ0n) is 9.27. The van der Waals surface area contributed by atoms with Crippen molar-refractivity contribution in [3.63, 3.8) is 0 Å². The number of hydrogen-bond donors (Lipinski definition) is 1. The molecule has 15 heavy (non-hydrogen) atoms. The van der Waals surface area contributed by atoms with Crippen molar-refractivity contribution in [2.24, 2.45) is 5.73 Å². The molecule has 84 valence electrons. The Morgan fingerprint density at radius 1 is 1.67 bits per heavy atom. The third kappa shape index (κ3) is 2.77. The van der Waals surface area contributed by atoms with Crippen LogP contribution in [0.25, 0.3) is 0 Å². The molecule has 1 aromatic heterocycles. The molecule has 0 saturated carbocycles. The van der Waals surface area contributed by atoms with Crippen LogP contribution < -0.4 is 5.73 Å². The fraction of sp³-hybridized carbons (Fsp3) is 0.727. The smallest absolute Gasteiger partial charge is 0.0897 e. The van der Waals surface area contributed by atoms with Crippen molar-refractivity contribution in [3.8, 4) is 0 Å². The van der Waals surface area contributed by atoms with Gasteiger partial charge in [0.2, 0.25) is 0 Å². The molecule has 0 aliphatic carbocycles. The van der Waals surface area contributed by atoms with Crippen LogP contribution in [0.1, 0.15) is 30.5 Å². The summed E-state index contributed by atoms with van der Waals surface area (Å²) >= 11 is 1.68. The molecule has 2 rings (SSSR count). The van der Waals surface area contributed by atoms with Gasteiger partial charge in [0.15, 0.2) is 0 Å². The average Bonchev–Trinajstić information content (AvgIpc) is 2.75. The molecule has 3 unspecified atom stereocenters. The Morgan fingerprint density at radius 3 is 3.00 bits per heavy atom. The third-order valence-electron chi connectivity index (χ3n) is 2.85. The molecule has 1 aliphatic heterocycles. The van der Waals surface area contributed by atoms with Gasteiger partial charge in [-0.3, -0.25) is 0 Å². The monoisotopic (exact) mass is 226 g/mol. The first-order valence-electron chi connectivity index (χ1n) is 5.47. The van der Waals surface area contributed by atoms with Crippen molar-refractivity contribution < 1.29 is 4.74 Å². The van der Waals surface area contributed by atoms with E-state index in [9.17, 15) is 0 Å². The topological polar surface area (TPSA) is 48.1 Å². The fourth-order valence-corrected chi connectivity index (χ4v) is 2.65. The molecular formula is C11H18N2OS. The van der Waals surface area contributed by atoms with Crippen LogP contribution in [-0.2, 0) is 11.2 Å². The number of aryl methyl sites for hydroxylation is 1. The Kier molecular flexibility index (Phi) is 3.38. The summed E-state index contributed by atoms with van der Waals surface area (Å²) in [7, 11) is 0. The van der Waals surface area contributed by atoms with Gasteiger partial charge in [0.25, 0.3) is 0 Å². The molecule has 4 heteroatoms. The first kappa shape index (κ1) is 11.0.